The molecular weight excluding hydrogens is 230 g/mol. The zero-order chi connectivity index (χ0) is 11.5. The number of hydrogen-bond acceptors (Lipinski definition) is 3. The lowest BCUT2D eigenvalue weighted by Crippen LogP contribution is -2.36. The van der Waals surface area contributed by atoms with Gasteiger partial charge in [-0.1, -0.05) is 6.08 Å². The first-order valence-electron chi connectivity index (χ1n) is 6.49. The summed E-state index contributed by atoms with van der Waals surface area (Å²) >= 11 is 1.92. The van der Waals surface area contributed by atoms with E-state index in [1.54, 1.807) is 10.5 Å². The van der Waals surface area contributed by atoms with Crippen LogP contribution in [0.1, 0.15) is 23.3 Å². The van der Waals surface area contributed by atoms with Gasteiger partial charge in [0.1, 0.15) is 0 Å². The topological polar surface area (TPSA) is 12.5 Å². The molecule has 2 aliphatic rings. The number of aryl methyl sites for hydroxylation is 1. The van der Waals surface area contributed by atoms with Gasteiger partial charge in [0.25, 0.3) is 0 Å². The fraction of sp³-hybridized carbons (Fsp3) is 0.571. The average molecular weight is 249 g/mol. The molecule has 1 saturated heterocycles. The van der Waals surface area contributed by atoms with Crippen molar-refractivity contribution in [2.24, 2.45) is 0 Å². The molecule has 0 amide bonds. The Morgan fingerprint density at radius 1 is 1.29 bits per heavy atom. The summed E-state index contributed by atoms with van der Waals surface area (Å²) in [5.74, 6) is 0. The lowest BCUT2D eigenvalue weighted by atomic mass is 9.93. The van der Waals surface area contributed by atoms with Gasteiger partial charge in [0.15, 0.2) is 0 Å². The summed E-state index contributed by atoms with van der Waals surface area (Å²) in [5, 5.41) is 2.23. The maximum Gasteiger partial charge on any atom is 0.0594 e. The number of allylic oxidation sites excluding steroid dienone is 1. The molecule has 0 atom stereocenters. The zero-order valence-corrected chi connectivity index (χ0v) is 11.0. The Balaban J connectivity index is 1.68. The molecule has 3 heteroatoms. The van der Waals surface area contributed by atoms with Gasteiger partial charge in [-0.3, -0.25) is 4.90 Å². The molecule has 0 N–H and O–H groups in total. The van der Waals surface area contributed by atoms with Gasteiger partial charge in [-0.15, -0.1) is 11.3 Å². The average Bonchev–Trinajstić information content (AvgIpc) is 2.86. The molecule has 2 nitrogen and oxygen atoms in total. The first-order valence-corrected chi connectivity index (χ1v) is 7.37. The highest BCUT2D eigenvalue weighted by Gasteiger charge is 2.15. The maximum atomic E-state index is 5.37. The number of ether oxygens (including phenoxy) is 1. The van der Waals surface area contributed by atoms with E-state index in [0.29, 0.717) is 0 Å². The van der Waals surface area contributed by atoms with Crippen LogP contribution in [0, 0.1) is 0 Å². The van der Waals surface area contributed by atoms with Gasteiger partial charge in [0.2, 0.25) is 0 Å². The molecule has 1 aliphatic carbocycles. The van der Waals surface area contributed by atoms with Gasteiger partial charge in [-0.05, 0) is 41.8 Å². The van der Waals surface area contributed by atoms with Crippen molar-refractivity contribution in [3.8, 4) is 0 Å². The Morgan fingerprint density at radius 2 is 2.18 bits per heavy atom. The molecule has 0 spiro atoms. The van der Waals surface area contributed by atoms with Gasteiger partial charge in [0, 0.05) is 24.5 Å². The predicted octanol–water partition coefficient (Wildman–Crippen LogP) is 2.80. The van der Waals surface area contributed by atoms with Crippen LogP contribution in [0.4, 0.5) is 0 Å². The molecule has 0 unspecified atom stereocenters. The summed E-state index contributed by atoms with van der Waals surface area (Å²) < 4.78 is 5.37. The fourth-order valence-corrected chi connectivity index (χ4v) is 3.59. The third-order valence-corrected chi connectivity index (χ3v) is 4.62. The van der Waals surface area contributed by atoms with Crippen LogP contribution < -0.4 is 0 Å². The van der Waals surface area contributed by atoms with Crippen molar-refractivity contribution in [1.82, 2.24) is 4.90 Å². The minimum Gasteiger partial charge on any atom is -0.379 e. The summed E-state index contributed by atoms with van der Waals surface area (Å²) in [6.07, 6.45) is 6.30. The normalized spacial score (nSPS) is 23.9. The van der Waals surface area contributed by atoms with Crippen molar-refractivity contribution in [3.05, 3.63) is 28.0 Å². The number of fused-ring (bicyclic) bond motifs is 1. The van der Waals surface area contributed by atoms with Crippen LogP contribution in [0.5, 0.6) is 0 Å². The Bertz CT molecular complexity index is 404. The molecule has 1 fully saturated rings. The van der Waals surface area contributed by atoms with E-state index in [2.05, 4.69) is 22.4 Å². The van der Waals surface area contributed by atoms with Gasteiger partial charge in [-0.25, -0.2) is 0 Å². The smallest absolute Gasteiger partial charge is 0.0594 e. The van der Waals surface area contributed by atoms with Crippen molar-refractivity contribution in [2.75, 3.05) is 32.8 Å². The van der Waals surface area contributed by atoms with E-state index in [9.17, 15) is 0 Å². The molecule has 0 saturated carbocycles. The van der Waals surface area contributed by atoms with Crippen LogP contribution in [0.3, 0.4) is 0 Å². The summed E-state index contributed by atoms with van der Waals surface area (Å²) in [7, 11) is 0. The van der Waals surface area contributed by atoms with Crippen molar-refractivity contribution >= 4 is 16.9 Å². The second-order valence-corrected chi connectivity index (χ2v) is 5.75. The largest absolute Gasteiger partial charge is 0.379 e. The summed E-state index contributed by atoms with van der Waals surface area (Å²) in [6.45, 7) is 5.05. The molecule has 17 heavy (non-hydrogen) atoms. The van der Waals surface area contributed by atoms with Crippen molar-refractivity contribution in [2.45, 2.75) is 19.3 Å². The number of rotatable bonds is 2. The SMILES string of the molecule is C(CN1CCOCC1)=C1CCCc2sccc21. The van der Waals surface area contributed by atoms with Crippen LogP contribution >= 0.6 is 11.3 Å². The quantitative estimate of drug-likeness (QED) is 0.799. The van der Waals surface area contributed by atoms with Crippen molar-refractivity contribution in [3.63, 3.8) is 0 Å². The number of nitrogens with zero attached hydrogens (tertiary/aromatic N) is 1. The van der Waals surface area contributed by atoms with Gasteiger partial charge >= 0.3 is 0 Å². The van der Waals surface area contributed by atoms with Crippen molar-refractivity contribution in [1.29, 1.82) is 0 Å². The van der Waals surface area contributed by atoms with Crippen LogP contribution in [0.25, 0.3) is 5.57 Å². The molecule has 1 aromatic heterocycles. The highest BCUT2D eigenvalue weighted by atomic mass is 32.1. The van der Waals surface area contributed by atoms with E-state index in [-0.39, 0.29) is 0 Å². The van der Waals surface area contributed by atoms with E-state index >= 15 is 0 Å². The first kappa shape index (κ1) is 11.5. The van der Waals surface area contributed by atoms with E-state index in [1.165, 1.54) is 24.8 Å². The Hall–Kier alpha value is -0.640. The molecule has 0 aromatic carbocycles. The van der Waals surface area contributed by atoms with Gasteiger partial charge < -0.3 is 4.74 Å². The molecule has 2 heterocycles. The second kappa shape index (κ2) is 5.34. The summed E-state index contributed by atoms with van der Waals surface area (Å²) in [4.78, 5) is 4.07. The van der Waals surface area contributed by atoms with E-state index < -0.39 is 0 Å². The fourth-order valence-electron chi connectivity index (χ4n) is 2.63. The zero-order valence-electron chi connectivity index (χ0n) is 10.2. The molecule has 0 bridgehead atoms. The van der Waals surface area contributed by atoms with Crippen LogP contribution in [-0.4, -0.2) is 37.7 Å². The van der Waals surface area contributed by atoms with Crippen LogP contribution in [0.15, 0.2) is 17.5 Å². The number of hydrogen-bond donors (Lipinski definition) is 0. The first-order chi connectivity index (χ1) is 8.43. The highest BCUT2D eigenvalue weighted by molar-refractivity contribution is 7.10. The lowest BCUT2D eigenvalue weighted by Gasteiger charge is -2.26. The molecule has 0 radical (unpaired) electrons. The van der Waals surface area contributed by atoms with Crippen LogP contribution in [-0.2, 0) is 11.2 Å². The third kappa shape index (κ3) is 2.62. The third-order valence-electron chi connectivity index (χ3n) is 3.64. The second-order valence-electron chi connectivity index (χ2n) is 4.75. The van der Waals surface area contributed by atoms with E-state index in [4.69, 9.17) is 4.74 Å². The maximum absolute atomic E-state index is 5.37. The molecular formula is C14H19NOS. The van der Waals surface area contributed by atoms with Crippen LogP contribution in [0.2, 0.25) is 0 Å². The van der Waals surface area contributed by atoms with E-state index in [0.717, 1.165) is 32.8 Å². The standard InChI is InChI=1S/C14H19NOS/c1-2-12(13-5-11-17-14(13)3-1)4-6-15-7-9-16-10-8-15/h4-5,11H,1-3,6-10H2. The monoisotopic (exact) mass is 249 g/mol. The number of morpholine rings is 1. The molecule has 3 rings (SSSR count). The molecule has 1 aromatic rings. The Morgan fingerprint density at radius 3 is 3.06 bits per heavy atom. The summed E-state index contributed by atoms with van der Waals surface area (Å²) in [6, 6.07) is 2.30. The predicted molar refractivity (Wildman–Crippen MR) is 72.5 cm³/mol. The van der Waals surface area contributed by atoms with E-state index in [1.807, 2.05) is 11.3 Å². The highest BCUT2D eigenvalue weighted by Crippen LogP contribution is 2.33. The van der Waals surface area contributed by atoms with Gasteiger partial charge in [-0.2, -0.15) is 0 Å². The number of thiophene rings is 1. The molecule has 1 aliphatic heterocycles. The molecule has 92 valence electrons. The van der Waals surface area contributed by atoms with Crippen molar-refractivity contribution < 1.29 is 4.74 Å². The minimum atomic E-state index is 0.896. The Kier molecular flexibility index (Phi) is 3.60. The lowest BCUT2D eigenvalue weighted by molar-refractivity contribution is 0.0434. The minimum absolute atomic E-state index is 0.896. The van der Waals surface area contributed by atoms with Gasteiger partial charge in [0.05, 0.1) is 13.2 Å². The summed E-state index contributed by atoms with van der Waals surface area (Å²) in [5.41, 5.74) is 3.09. The Labute approximate surface area is 107 Å².